The van der Waals surface area contributed by atoms with Crippen molar-refractivity contribution in [3.05, 3.63) is 106 Å². The van der Waals surface area contributed by atoms with Gasteiger partial charge >= 0.3 is 6.18 Å². The number of nitrogens with one attached hydrogen (secondary N) is 1. The van der Waals surface area contributed by atoms with Crippen LogP contribution in [0.1, 0.15) is 33.6 Å². The summed E-state index contributed by atoms with van der Waals surface area (Å²) < 4.78 is 65.1. The molecule has 2 aromatic carbocycles. The highest BCUT2D eigenvalue weighted by molar-refractivity contribution is 7.91. The Morgan fingerprint density at radius 2 is 1.78 bits per heavy atom. The van der Waals surface area contributed by atoms with Crippen molar-refractivity contribution in [3.8, 4) is 11.8 Å². The lowest BCUT2D eigenvalue weighted by molar-refractivity contribution is -0.137. The van der Waals surface area contributed by atoms with Crippen molar-refractivity contribution in [1.29, 1.82) is 5.26 Å². The second-order valence-corrected chi connectivity index (χ2v) is 10.1. The number of aryl methyl sites for hydroxylation is 1. The van der Waals surface area contributed by atoms with Gasteiger partial charge in [0.05, 0.1) is 28.7 Å². The molecule has 0 bridgehead atoms. The van der Waals surface area contributed by atoms with Crippen molar-refractivity contribution in [2.24, 2.45) is 0 Å². The number of carbonyl (C=O) groups is 1. The molecular weight excluding hydrogens is 507 g/mol. The molecule has 1 heterocycles. The van der Waals surface area contributed by atoms with E-state index in [9.17, 15) is 31.2 Å². The van der Waals surface area contributed by atoms with Gasteiger partial charge in [-0.3, -0.25) is 14.2 Å². The second-order valence-electron chi connectivity index (χ2n) is 8.02. The van der Waals surface area contributed by atoms with Gasteiger partial charge in [0, 0.05) is 17.9 Å². The van der Waals surface area contributed by atoms with E-state index in [1.54, 1.807) is 0 Å². The van der Waals surface area contributed by atoms with E-state index < -0.39 is 33.0 Å². The number of allylic oxidation sites excluding steroid dienone is 1. The first kappa shape index (κ1) is 27.4. The largest absolute Gasteiger partial charge is 0.416 e. The SMILES string of the molecule is Cc1ccc(C(=O)NCc2ccc(S(=O)(=O)CC=CCC#N)cc2)c(=O)n1-c1cccc(C(F)(F)F)c1. The molecule has 0 atom stereocenters. The average molecular weight is 530 g/mol. The van der Waals surface area contributed by atoms with E-state index in [1.807, 2.05) is 6.07 Å². The van der Waals surface area contributed by atoms with Crippen LogP contribution in [0, 0.1) is 18.3 Å². The summed E-state index contributed by atoms with van der Waals surface area (Å²) in [5.41, 5.74) is -1.06. The van der Waals surface area contributed by atoms with Crippen molar-refractivity contribution < 1.29 is 26.4 Å². The number of carbonyl (C=O) groups excluding carboxylic acids is 1. The maximum absolute atomic E-state index is 13.1. The number of hydrogen-bond donors (Lipinski definition) is 1. The Morgan fingerprint density at radius 3 is 2.43 bits per heavy atom. The number of sulfone groups is 1. The van der Waals surface area contributed by atoms with E-state index in [-0.39, 0.29) is 34.9 Å². The number of alkyl halides is 3. The van der Waals surface area contributed by atoms with Crippen LogP contribution in [-0.4, -0.2) is 24.6 Å². The van der Waals surface area contributed by atoms with Gasteiger partial charge in [0.2, 0.25) is 0 Å². The van der Waals surface area contributed by atoms with Crippen LogP contribution < -0.4 is 10.9 Å². The summed E-state index contributed by atoms with van der Waals surface area (Å²) in [6, 6.07) is 14.7. The zero-order valence-electron chi connectivity index (χ0n) is 19.6. The fourth-order valence-corrected chi connectivity index (χ4v) is 4.60. The average Bonchev–Trinajstić information content (AvgIpc) is 2.85. The van der Waals surface area contributed by atoms with E-state index in [4.69, 9.17) is 5.26 Å². The Kier molecular flexibility index (Phi) is 8.35. The molecule has 0 saturated carbocycles. The molecule has 0 radical (unpaired) electrons. The van der Waals surface area contributed by atoms with Gasteiger partial charge in [-0.15, -0.1) is 0 Å². The van der Waals surface area contributed by atoms with Gasteiger partial charge in [-0.1, -0.05) is 30.4 Å². The molecule has 1 N–H and O–H groups in total. The molecule has 192 valence electrons. The number of nitriles is 1. The first-order valence-electron chi connectivity index (χ1n) is 11.0. The number of pyridine rings is 1. The van der Waals surface area contributed by atoms with Crippen LogP contribution in [0.2, 0.25) is 0 Å². The van der Waals surface area contributed by atoms with Crippen LogP contribution in [0.5, 0.6) is 0 Å². The van der Waals surface area contributed by atoms with Crippen molar-refractivity contribution >= 4 is 15.7 Å². The van der Waals surface area contributed by atoms with E-state index in [1.165, 1.54) is 67.6 Å². The minimum Gasteiger partial charge on any atom is -0.348 e. The molecule has 1 aromatic heterocycles. The lowest BCUT2D eigenvalue weighted by Crippen LogP contribution is -2.33. The molecule has 0 aliphatic rings. The molecular formula is C26H22F3N3O4S. The Hall–Kier alpha value is -4.17. The maximum atomic E-state index is 13.1. The molecule has 0 aliphatic carbocycles. The zero-order valence-corrected chi connectivity index (χ0v) is 20.4. The third-order valence-electron chi connectivity index (χ3n) is 5.38. The van der Waals surface area contributed by atoms with E-state index >= 15 is 0 Å². The highest BCUT2D eigenvalue weighted by atomic mass is 32.2. The summed E-state index contributed by atoms with van der Waals surface area (Å²) in [7, 11) is -3.58. The lowest BCUT2D eigenvalue weighted by atomic mass is 10.1. The number of nitrogens with zero attached hydrogens (tertiary/aromatic N) is 2. The Morgan fingerprint density at radius 1 is 1.08 bits per heavy atom. The summed E-state index contributed by atoms with van der Waals surface area (Å²) in [4.78, 5) is 25.8. The van der Waals surface area contributed by atoms with Crippen LogP contribution in [0.15, 0.2) is 82.5 Å². The van der Waals surface area contributed by atoms with Crippen molar-refractivity contribution in [1.82, 2.24) is 9.88 Å². The summed E-state index contributed by atoms with van der Waals surface area (Å²) in [5.74, 6) is -0.985. The van der Waals surface area contributed by atoms with E-state index in [0.29, 0.717) is 11.3 Å². The quantitative estimate of drug-likeness (QED) is 0.437. The summed E-state index contributed by atoms with van der Waals surface area (Å²) >= 11 is 0. The summed E-state index contributed by atoms with van der Waals surface area (Å²) in [5, 5.41) is 11.1. The van der Waals surface area contributed by atoms with Gasteiger partial charge < -0.3 is 5.32 Å². The zero-order chi connectivity index (χ0) is 27.2. The van der Waals surface area contributed by atoms with E-state index in [2.05, 4.69) is 5.32 Å². The Balaban J connectivity index is 1.76. The highest BCUT2D eigenvalue weighted by Crippen LogP contribution is 2.30. The smallest absolute Gasteiger partial charge is 0.348 e. The molecule has 11 heteroatoms. The van der Waals surface area contributed by atoms with Crippen LogP contribution >= 0.6 is 0 Å². The number of benzene rings is 2. The van der Waals surface area contributed by atoms with Gasteiger partial charge in [0.1, 0.15) is 5.56 Å². The van der Waals surface area contributed by atoms with Gasteiger partial charge in [0.25, 0.3) is 11.5 Å². The van der Waals surface area contributed by atoms with E-state index in [0.717, 1.165) is 16.7 Å². The molecule has 0 saturated heterocycles. The van der Waals surface area contributed by atoms with Crippen molar-refractivity contribution in [2.75, 3.05) is 5.75 Å². The fourth-order valence-electron chi connectivity index (χ4n) is 3.46. The van der Waals surface area contributed by atoms with Gasteiger partial charge in [0.15, 0.2) is 9.84 Å². The maximum Gasteiger partial charge on any atom is 0.416 e. The molecule has 0 aliphatic heterocycles. The van der Waals surface area contributed by atoms with Crippen LogP contribution in [-0.2, 0) is 22.6 Å². The normalized spacial score (nSPS) is 11.9. The van der Waals surface area contributed by atoms with Crippen molar-refractivity contribution in [3.63, 3.8) is 0 Å². The van der Waals surface area contributed by atoms with Crippen molar-refractivity contribution in [2.45, 2.75) is 31.0 Å². The minimum atomic E-state index is -4.59. The Labute approximate surface area is 211 Å². The number of aromatic nitrogens is 1. The fraction of sp³-hybridized carbons (Fsp3) is 0.192. The molecule has 0 unspecified atom stereocenters. The Bertz CT molecular complexity index is 1530. The first-order valence-corrected chi connectivity index (χ1v) is 12.6. The molecule has 0 fully saturated rings. The summed E-state index contributed by atoms with van der Waals surface area (Å²) in [6.45, 7) is 1.52. The van der Waals surface area contributed by atoms with Crippen LogP contribution in [0.4, 0.5) is 13.2 Å². The van der Waals surface area contributed by atoms with Gasteiger partial charge in [-0.2, -0.15) is 18.4 Å². The summed E-state index contributed by atoms with van der Waals surface area (Å²) in [6.07, 6.45) is -1.61. The monoisotopic (exact) mass is 529 g/mol. The third-order valence-corrected chi connectivity index (χ3v) is 7.00. The third kappa shape index (κ3) is 6.74. The highest BCUT2D eigenvalue weighted by Gasteiger charge is 2.30. The predicted molar refractivity (Wildman–Crippen MR) is 131 cm³/mol. The van der Waals surface area contributed by atoms with Crippen LogP contribution in [0.3, 0.4) is 0 Å². The molecule has 37 heavy (non-hydrogen) atoms. The molecule has 0 spiro atoms. The second kappa shape index (κ2) is 11.3. The first-order chi connectivity index (χ1) is 17.4. The number of rotatable bonds is 8. The number of halogens is 3. The predicted octanol–water partition coefficient (Wildman–Crippen LogP) is 4.34. The number of hydrogen-bond acceptors (Lipinski definition) is 5. The number of amides is 1. The molecule has 3 aromatic rings. The molecule has 3 rings (SSSR count). The lowest BCUT2D eigenvalue weighted by Gasteiger charge is -2.14. The minimum absolute atomic E-state index is 0.0158. The molecule has 7 nitrogen and oxygen atoms in total. The molecule has 1 amide bonds. The van der Waals surface area contributed by atoms with Gasteiger partial charge in [-0.25, -0.2) is 8.42 Å². The van der Waals surface area contributed by atoms with Crippen LogP contribution in [0.25, 0.3) is 5.69 Å². The standard InChI is InChI=1S/C26H22F3N3O4S/c1-18-8-13-23(25(34)32(18)21-7-5-6-20(16-21)26(27,28)29)24(33)31-17-19-9-11-22(12-10-19)37(35,36)15-4-2-3-14-30/h2,4-13,16H,3,15,17H2,1H3,(H,31,33). The topological polar surface area (TPSA) is 109 Å². The van der Waals surface area contributed by atoms with Gasteiger partial charge in [-0.05, 0) is 55.0 Å².